The highest BCUT2D eigenvalue weighted by molar-refractivity contribution is 7.18. The Morgan fingerprint density at radius 3 is 2.81 bits per heavy atom. The van der Waals surface area contributed by atoms with E-state index in [1.54, 1.807) is 12.1 Å². The Labute approximate surface area is 127 Å². The van der Waals surface area contributed by atoms with Crippen LogP contribution >= 0.6 is 11.3 Å². The maximum absolute atomic E-state index is 11.2. The van der Waals surface area contributed by atoms with Crippen LogP contribution in [0.25, 0.3) is 10.2 Å². The summed E-state index contributed by atoms with van der Waals surface area (Å²) in [6, 6.07) is 3.83. The van der Waals surface area contributed by atoms with E-state index < -0.39 is 0 Å². The third kappa shape index (κ3) is 3.68. The van der Waals surface area contributed by atoms with Gasteiger partial charge in [0.2, 0.25) is 0 Å². The van der Waals surface area contributed by atoms with Crippen LogP contribution in [0.2, 0.25) is 0 Å². The second kappa shape index (κ2) is 6.36. The minimum Gasteiger partial charge on any atom is -0.378 e. The van der Waals surface area contributed by atoms with Gasteiger partial charge < -0.3 is 10.2 Å². The number of aromatic nitrogens is 1. The van der Waals surface area contributed by atoms with Gasteiger partial charge in [-0.3, -0.25) is 10.1 Å². The molecular weight excluding hydrogens is 288 g/mol. The first-order valence-corrected chi connectivity index (χ1v) is 7.70. The largest absolute Gasteiger partial charge is 0.378 e. The number of nitrogens with one attached hydrogen (secondary N) is 1. The minimum absolute atomic E-state index is 0.110. The quantitative estimate of drug-likeness (QED) is 0.655. The molecule has 1 aromatic carbocycles. The van der Waals surface area contributed by atoms with Gasteiger partial charge in [-0.05, 0) is 33.9 Å². The topological polar surface area (TPSA) is 71.3 Å². The first-order valence-electron chi connectivity index (χ1n) is 6.88. The third-order valence-corrected chi connectivity index (χ3v) is 4.40. The van der Waals surface area contributed by atoms with Crippen molar-refractivity contribution in [1.29, 1.82) is 0 Å². The zero-order valence-electron chi connectivity index (χ0n) is 12.7. The number of likely N-dealkylation sites (N-methyl/N-ethyl adjacent to an activating group) is 1. The molecule has 0 aliphatic heterocycles. The fourth-order valence-electron chi connectivity index (χ4n) is 2.00. The summed E-state index contributed by atoms with van der Waals surface area (Å²) < 4.78 is 0.851. The normalized spacial score (nSPS) is 11.5. The predicted molar refractivity (Wildman–Crippen MR) is 87.3 cm³/mol. The molecule has 0 amide bonds. The van der Waals surface area contributed by atoms with Crippen LogP contribution in [-0.4, -0.2) is 41.0 Å². The van der Waals surface area contributed by atoms with E-state index in [1.165, 1.54) is 11.3 Å². The molecule has 1 aromatic heterocycles. The summed E-state index contributed by atoms with van der Waals surface area (Å²) in [4.78, 5) is 17.4. The van der Waals surface area contributed by atoms with Gasteiger partial charge in [0, 0.05) is 25.2 Å². The van der Waals surface area contributed by atoms with Crippen molar-refractivity contribution in [3.05, 3.63) is 27.3 Å². The molecule has 0 aliphatic carbocycles. The van der Waals surface area contributed by atoms with E-state index in [9.17, 15) is 10.1 Å². The molecule has 0 saturated carbocycles. The predicted octanol–water partition coefficient (Wildman–Crippen LogP) is 3.27. The van der Waals surface area contributed by atoms with Gasteiger partial charge in [0.05, 0.1) is 20.1 Å². The number of nitrogens with zero attached hydrogens (tertiary/aromatic N) is 3. The summed E-state index contributed by atoms with van der Waals surface area (Å²) in [7, 11) is 2.04. The summed E-state index contributed by atoms with van der Waals surface area (Å²) in [5, 5.41) is 15.3. The van der Waals surface area contributed by atoms with E-state index in [-0.39, 0.29) is 10.6 Å². The van der Waals surface area contributed by atoms with Gasteiger partial charge in [-0.25, -0.2) is 4.98 Å². The van der Waals surface area contributed by atoms with Crippen LogP contribution in [0.1, 0.15) is 18.9 Å². The van der Waals surface area contributed by atoms with E-state index in [0.29, 0.717) is 18.3 Å². The van der Waals surface area contributed by atoms with Crippen LogP contribution in [0.5, 0.6) is 0 Å². The SMILES string of the molecule is Cc1nc2cc(NCCN(C)C(C)C)c([N+](=O)[O-])cc2s1. The van der Waals surface area contributed by atoms with E-state index in [0.717, 1.165) is 21.8 Å². The summed E-state index contributed by atoms with van der Waals surface area (Å²) in [5.41, 5.74) is 1.45. The lowest BCUT2D eigenvalue weighted by molar-refractivity contribution is -0.383. The highest BCUT2D eigenvalue weighted by atomic mass is 32.1. The average Bonchev–Trinajstić information content (AvgIpc) is 2.76. The number of fused-ring (bicyclic) bond motifs is 1. The van der Waals surface area contributed by atoms with Crippen molar-refractivity contribution in [2.75, 3.05) is 25.5 Å². The summed E-state index contributed by atoms with van der Waals surface area (Å²) >= 11 is 1.47. The molecule has 7 heteroatoms. The van der Waals surface area contributed by atoms with Crippen LogP contribution in [0.4, 0.5) is 11.4 Å². The van der Waals surface area contributed by atoms with Gasteiger partial charge in [-0.15, -0.1) is 11.3 Å². The van der Waals surface area contributed by atoms with Crippen molar-refractivity contribution in [1.82, 2.24) is 9.88 Å². The number of hydrogen-bond acceptors (Lipinski definition) is 6. The van der Waals surface area contributed by atoms with Gasteiger partial charge in [0.25, 0.3) is 5.69 Å². The lowest BCUT2D eigenvalue weighted by Gasteiger charge is -2.21. The van der Waals surface area contributed by atoms with Crippen molar-refractivity contribution in [2.45, 2.75) is 26.8 Å². The number of hydrogen-bond donors (Lipinski definition) is 1. The second-order valence-corrected chi connectivity index (χ2v) is 6.56. The van der Waals surface area contributed by atoms with Crippen LogP contribution in [-0.2, 0) is 0 Å². The second-order valence-electron chi connectivity index (χ2n) is 5.33. The van der Waals surface area contributed by atoms with Crippen LogP contribution in [0, 0.1) is 17.0 Å². The first kappa shape index (κ1) is 15.7. The van der Waals surface area contributed by atoms with Crippen LogP contribution in [0.15, 0.2) is 12.1 Å². The van der Waals surface area contributed by atoms with E-state index in [4.69, 9.17) is 0 Å². The highest BCUT2D eigenvalue weighted by Crippen LogP contribution is 2.32. The Hall–Kier alpha value is -1.73. The summed E-state index contributed by atoms with van der Waals surface area (Å²) in [6.45, 7) is 7.62. The molecule has 0 fully saturated rings. The molecule has 2 aromatic rings. The molecule has 2 rings (SSSR count). The number of nitro benzene ring substituents is 1. The van der Waals surface area contributed by atoms with Crippen molar-refractivity contribution < 1.29 is 4.92 Å². The molecule has 0 aliphatic rings. The number of benzene rings is 1. The van der Waals surface area contributed by atoms with E-state index >= 15 is 0 Å². The molecule has 0 bridgehead atoms. The summed E-state index contributed by atoms with van der Waals surface area (Å²) in [6.07, 6.45) is 0. The Morgan fingerprint density at radius 2 is 2.19 bits per heavy atom. The zero-order chi connectivity index (χ0) is 15.6. The number of rotatable bonds is 6. The van der Waals surface area contributed by atoms with Gasteiger partial charge in [-0.1, -0.05) is 0 Å². The van der Waals surface area contributed by atoms with Crippen molar-refractivity contribution >= 4 is 32.9 Å². The Kier molecular flexibility index (Phi) is 4.74. The molecular formula is C14H20N4O2S. The van der Waals surface area contributed by atoms with Crippen molar-refractivity contribution in [3.8, 4) is 0 Å². The fourth-order valence-corrected chi connectivity index (χ4v) is 2.84. The molecule has 0 radical (unpaired) electrons. The lowest BCUT2D eigenvalue weighted by Crippen LogP contribution is -2.31. The van der Waals surface area contributed by atoms with Gasteiger partial charge in [0.1, 0.15) is 5.69 Å². The first-order chi connectivity index (χ1) is 9.88. The van der Waals surface area contributed by atoms with E-state index in [2.05, 4.69) is 29.0 Å². The third-order valence-electron chi connectivity index (χ3n) is 3.47. The smallest absolute Gasteiger partial charge is 0.293 e. The number of nitro groups is 1. The molecule has 114 valence electrons. The highest BCUT2D eigenvalue weighted by Gasteiger charge is 2.17. The standard InChI is InChI=1S/C14H20N4O2S/c1-9(2)17(4)6-5-15-11-7-12-14(21-10(3)16-12)8-13(11)18(19)20/h7-9,15H,5-6H2,1-4H3. The molecule has 1 heterocycles. The van der Waals surface area contributed by atoms with Crippen molar-refractivity contribution in [3.63, 3.8) is 0 Å². The lowest BCUT2D eigenvalue weighted by atomic mass is 10.2. The Bertz CT molecular complexity index is 654. The average molecular weight is 308 g/mol. The van der Waals surface area contributed by atoms with Gasteiger partial charge in [-0.2, -0.15) is 0 Å². The monoisotopic (exact) mass is 308 g/mol. The summed E-state index contributed by atoms with van der Waals surface area (Å²) in [5.74, 6) is 0. The molecule has 1 N–H and O–H groups in total. The number of aryl methyl sites for hydroxylation is 1. The number of anilines is 1. The molecule has 0 atom stereocenters. The molecule has 21 heavy (non-hydrogen) atoms. The Balaban J connectivity index is 2.20. The Morgan fingerprint density at radius 1 is 1.48 bits per heavy atom. The van der Waals surface area contributed by atoms with Crippen LogP contribution in [0.3, 0.4) is 0 Å². The molecule has 0 unspecified atom stereocenters. The van der Waals surface area contributed by atoms with Crippen LogP contribution < -0.4 is 5.32 Å². The maximum atomic E-state index is 11.2. The maximum Gasteiger partial charge on any atom is 0.293 e. The minimum atomic E-state index is -0.344. The molecule has 0 saturated heterocycles. The zero-order valence-corrected chi connectivity index (χ0v) is 13.5. The van der Waals surface area contributed by atoms with E-state index in [1.807, 2.05) is 14.0 Å². The van der Waals surface area contributed by atoms with Gasteiger partial charge in [0.15, 0.2) is 0 Å². The van der Waals surface area contributed by atoms with Crippen molar-refractivity contribution in [2.24, 2.45) is 0 Å². The van der Waals surface area contributed by atoms with Gasteiger partial charge >= 0.3 is 0 Å². The molecule has 0 spiro atoms. The molecule has 6 nitrogen and oxygen atoms in total. The fraction of sp³-hybridized carbons (Fsp3) is 0.500. The number of thiazole rings is 1.